The average molecular weight is 787 g/mol. The Balaban J connectivity index is 1.10. The molecule has 0 N–H and O–H groups in total. The quantitative estimate of drug-likeness (QED) is 0.178. The van der Waals surface area contributed by atoms with E-state index >= 15 is 0 Å². The Bertz CT molecular complexity index is 3320. The largest absolute Gasteiger partial charge is 0.228 e. The van der Waals surface area contributed by atoms with E-state index in [-0.39, 0.29) is 0 Å². The molecule has 0 saturated heterocycles. The van der Waals surface area contributed by atoms with Crippen molar-refractivity contribution in [3.05, 3.63) is 275 Å². The summed E-state index contributed by atoms with van der Waals surface area (Å²) in [6.07, 6.45) is 0. The van der Waals surface area contributed by atoms with E-state index < -0.39 is 10.8 Å². The van der Waals surface area contributed by atoms with Crippen molar-refractivity contribution >= 4 is 0 Å². The van der Waals surface area contributed by atoms with E-state index in [0.717, 1.165) is 39.2 Å². The van der Waals surface area contributed by atoms with Crippen molar-refractivity contribution in [1.82, 2.24) is 9.97 Å². The molecule has 2 nitrogen and oxygen atoms in total. The zero-order valence-electron chi connectivity index (χ0n) is 33.8. The van der Waals surface area contributed by atoms with Gasteiger partial charge in [-0.25, -0.2) is 9.97 Å². The van der Waals surface area contributed by atoms with Gasteiger partial charge in [-0.15, -0.1) is 0 Å². The van der Waals surface area contributed by atoms with Crippen LogP contribution in [0.5, 0.6) is 0 Å². The first-order valence-electron chi connectivity index (χ1n) is 21.5. The summed E-state index contributed by atoms with van der Waals surface area (Å²) in [7, 11) is 0. The second-order valence-electron chi connectivity index (χ2n) is 16.7. The van der Waals surface area contributed by atoms with Crippen LogP contribution in [-0.4, -0.2) is 9.97 Å². The first kappa shape index (κ1) is 34.9. The van der Waals surface area contributed by atoms with E-state index in [9.17, 15) is 0 Å². The molecule has 1 heterocycles. The standard InChI is InChI=1S/C60H38N2/c1-3-19-39(20-4-1)41-23-17-24-42(37-41)58-61-55(40-21-5-2-6-22-40)38-56(62-58)46-28-18-36-54-57(46)45-27-9-12-31-49(45)60(54)52-34-15-13-32-50(52)59(51-33-14-16-35-53(51)60)47-29-10-7-25-43(47)44-26-8-11-30-48(44)59/h1-38H. The van der Waals surface area contributed by atoms with E-state index in [4.69, 9.17) is 9.97 Å². The molecule has 0 aliphatic heterocycles. The molecule has 2 spiro atoms. The Labute approximate surface area is 361 Å². The maximum atomic E-state index is 5.50. The zero-order valence-corrected chi connectivity index (χ0v) is 33.8. The van der Waals surface area contributed by atoms with Crippen molar-refractivity contribution < 1.29 is 0 Å². The minimum Gasteiger partial charge on any atom is -0.228 e. The third-order valence-electron chi connectivity index (χ3n) is 13.8. The topological polar surface area (TPSA) is 25.8 Å². The van der Waals surface area contributed by atoms with E-state index in [1.807, 2.05) is 0 Å². The molecule has 13 rings (SSSR count). The first-order valence-corrected chi connectivity index (χ1v) is 21.5. The first-order chi connectivity index (χ1) is 30.8. The van der Waals surface area contributed by atoms with Crippen LogP contribution in [0.4, 0.5) is 0 Å². The summed E-state index contributed by atoms with van der Waals surface area (Å²) in [6, 6.07) is 84.6. The van der Waals surface area contributed by atoms with Gasteiger partial charge in [0.15, 0.2) is 5.82 Å². The minimum atomic E-state index is -0.588. The van der Waals surface area contributed by atoms with E-state index in [0.29, 0.717) is 5.82 Å². The second kappa shape index (κ2) is 13.3. The molecule has 9 aromatic carbocycles. The van der Waals surface area contributed by atoms with Gasteiger partial charge in [0.1, 0.15) is 0 Å². The predicted octanol–water partition coefficient (Wildman–Crippen LogP) is 14.2. The molecule has 3 aliphatic carbocycles. The van der Waals surface area contributed by atoms with Crippen LogP contribution >= 0.6 is 0 Å². The van der Waals surface area contributed by atoms with Gasteiger partial charge in [-0.2, -0.15) is 0 Å². The lowest BCUT2D eigenvalue weighted by Crippen LogP contribution is -2.43. The van der Waals surface area contributed by atoms with Crippen molar-refractivity contribution in [2.75, 3.05) is 0 Å². The molecule has 2 heteroatoms. The van der Waals surface area contributed by atoms with Crippen LogP contribution in [0, 0.1) is 0 Å². The van der Waals surface area contributed by atoms with Gasteiger partial charge in [0.05, 0.1) is 22.2 Å². The Morgan fingerprint density at radius 3 is 1.23 bits per heavy atom. The van der Waals surface area contributed by atoms with Crippen LogP contribution in [0.1, 0.15) is 44.5 Å². The summed E-state index contributed by atoms with van der Waals surface area (Å²) in [5.41, 5.74) is 21.8. The number of benzene rings is 9. The molecule has 1 aromatic heterocycles. The smallest absolute Gasteiger partial charge is 0.160 e. The maximum absolute atomic E-state index is 5.50. The average Bonchev–Trinajstić information content (AvgIpc) is 3.82. The molecule has 0 saturated carbocycles. The number of hydrogen-bond acceptors (Lipinski definition) is 2. The third kappa shape index (κ3) is 4.64. The molecule has 3 aliphatic rings. The van der Waals surface area contributed by atoms with Gasteiger partial charge >= 0.3 is 0 Å². The fourth-order valence-corrected chi connectivity index (χ4v) is 11.4. The number of aromatic nitrogens is 2. The summed E-state index contributed by atoms with van der Waals surface area (Å²) in [5, 5.41) is 0. The Morgan fingerprint density at radius 1 is 0.242 bits per heavy atom. The van der Waals surface area contributed by atoms with Crippen LogP contribution < -0.4 is 0 Å². The van der Waals surface area contributed by atoms with Gasteiger partial charge in [-0.3, -0.25) is 0 Å². The highest BCUT2D eigenvalue weighted by molar-refractivity contribution is 5.98. The van der Waals surface area contributed by atoms with Crippen molar-refractivity contribution in [2.24, 2.45) is 0 Å². The lowest BCUT2D eigenvalue weighted by Gasteiger charge is -2.48. The number of hydrogen-bond donors (Lipinski definition) is 0. The molecule has 62 heavy (non-hydrogen) atoms. The molecule has 0 radical (unpaired) electrons. The lowest BCUT2D eigenvalue weighted by atomic mass is 9.52. The van der Waals surface area contributed by atoms with Gasteiger partial charge in [0, 0.05) is 16.7 Å². The molecule has 0 fully saturated rings. The fourth-order valence-electron chi connectivity index (χ4n) is 11.4. The molecule has 0 amide bonds. The van der Waals surface area contributed by atoms with Crippen molar-refractivity contribution in [2.45, 2.75) is 10.8 Å². The molecular formula is C60H38N2. The van der Waals surface area contributed by atoms with E-state index in [1.165, 1.54) is 66.8 Å². The second-order valence-corrected chi connectivity index (χ2v) is 16.7. The molecule has 288 valence electrons. The molecule has 0 atom stereocenters. The zero-order chi connectivity index (χ0) is 40.8. The van der Waals surface area contributed by atoms with Crippen molar-refractivity contribution in [1.29, 1.82) is 0 Å². The number of rotatable bonds is 4. The van der Waals surface area contributed by atoms with Crippen molar-refractivity contribution in [3.63, 3.8) is 0 Å². The Morgan fingerprint density at radius 2 is 0.629 bits per heavy atom. The molecule has 0 bridgehead atoms. The summed E-state index contributed by atoms with van der Waals surface area (Å²) >= 11 is 0. The summed E-state index contributed by atoms with van der Waals surface area (Å²) < 4.78 is 0. The van der Waals surface area contributed by atoms with Gasteiger partial charge in [-0.1, -0.05) is 218 Å². The van der Waals surface area contributed by atoms with Crippen LogP contribution in [0.15, 0.2) is 231 Å². The maximum Gasteiger partial charge on any atom is 0.160 e. The summed E-state index contributed by atoms with van der Waals surface area (Å²) in [5.74, 6) is 0.701. The third-order valence-corrected chi connectivity index (χ3v) is 13.8. The van der Waals surface area contributed by atoms with Crippen LogP contribution in [-0.2, 0) is 10.8 Å². The number of fused-ring (bicyclic) bond motifs is 16. The monoisotopic (exact) mass is 786 g/mol. The predicted molar refractivity (Wildman–Crippen MR) is 252 cm³/mol. The van der Waals surface area contributed by atoms with E-state index in [1.54, 1.807) is 0 Å². The highest BCUT2D eigenvalue weighted by Gasteiger charge is 2.59. The fraction of sp³-hybridized carbons (Fsp3) is 0.0333. The molecule has 10 aromatic rings. The highest BCUT2D eigenvalue weighted by Crippen LogP contribution is 2.68. The summed E-state index contributed by atoms with van der Waals surface area (Å²) in [4.78, 5) is 10.8. The van der Waals surface area contributed by atoms with E-state index in [2.05, 4.69) is 231 Å². The lowest BCUT2D eigenvalue weighted by molar-refractivity contribution is 0.633. The van der Waals surface area contributed by atoms with Gasteiger partial charge in [0.25, 0.3) is 0 Å². The normalized spacial score (nSPS) is 14.1. The van der Waals surface area contributed by atoms with Crippen LogP contribution in [0.25, 0.3) is 67.3 Å². The van der Waals surface area contributed by atoms with Crippen LogP contribution in [0.2, 0.25) is 0 Å². The van der Waals surface area contributed by atoms with Crippen molar-refractivity contribution in [3.8, 4) is 67.3 Å². The molecule has 0 unspecified atom stereocenters. The Hall–Kier alpha value is -7.94. The number of nitrogens with zero attached hydrogens (tertiary/aromatic N) is 2. The van der Waals surface area contributed by atoms with Gasteiger partial charge in [-0.05, 0) is 90.0 Å². The van der Waals surface area contributed by atoms with Gasteiger partial charge in [0.2, 0.25) is 0 Å². The minimum absolute atomic E-state index is 0.485. The molecular weight excluding hydrogens is 749 g/mol. The SMILES string of the molecule is c1ccc(-c2cccc(-c3nc(-c4ccccc4)cc(-c4cccc5c4-c4ccccc4C54c5ccccc5C5(c6ccccc6-c6ccccc65)c5ccccc54)n3)c2)cc1. The Kier molecular flexibility index (Phi) is 7.47. The van der Waals surface area contributed by atoms with Crippen LogP contribution in [0.3, 0.4) is 0 Å². The highest BCUT2D eigenvalue weighted by atomic mass is 14.9. The summed E-state index contributed by atoms with van der Waals surface area (Å²) in [6.45, 7) is 0. The van der Waals surface area contributed by atoms with Gasteiger partial charge < -0.3 is 0 Å².